The molecule has 6 nitrogen and oxygen atoms in total. The molecule has 1 atom stereocenters. The Balaban J connectivity index is 1.72. The zero-order valence-corrected chi connectivity index (χ0v) is 17.5. The fraction of sp³-hybridized carbons (Fsp3) is 0.211. The molecule has 140 valence electrons. The molecule has 2 aromatic carbocycles. The summed E-state index contributed by atoms with van der Waals surface area (Å²) in [6.07, 6.45) is 0. The molecule has 1 aromatic heterocycles. The third-order valence-electron chi connectivity index (χ3n) is 3.91. The topological polar surface area (TPSA) is 69.0 Å². The van der Waals surface area contributed by atoms with Crippen molar-refractivity contribution in [3.05, 3.63) is 53.0 Å². The number of amides is 1. The summed E-state index contributed by atoms with van der Waals surface area (Å²) in [4.78, 5) is 12.5. The van der Waals surface area contributed by atoms with Crippen molar-refractivity contribution >= 4 is 39.3 Å². The van der Waals surface area contributed by atoms with Gasteiger partial charge >= 0.3 is 0 Å². The van der Waals surface area contributed by atoms with Gasteiger partial charge in [-0.15, -0.1) is 10.2 Å². The minimum atomic E-state index is -0.329. The monoisotopic (exact) mass is 446 g/mol. The molecule has 0 aliphatic carbocycles. The van der Waals surface area contributed by atoms with Crippen LogP contribution >= 0.6 is 27.7 Å². The number of halogens is 1. The molecule has 0 spiro atoms. The molecule has 1 heterocycles. The Morgan fingerprint density at radius 3 is 2.74 bits per heavy atom. The Morgan fingerprint density at radius 1 is 1.22 bits per heavy atom. The number of anilines is 1. The van der Waals surface area contributed by atoms with Crippen LogP contribution < -0.4 is 10.1 Å². The van der Waals surface area contributed by atoms with Crippen LogP contribution in [0.3, 0.4) is 0 Å². The van der Waals surface area contributed by atoms with E-state index in [0.717, 1.165) is 27.3 Å². The minimum absolute atomic E-state index is 0.0935. The van der Waals surface area contributed by atoms with Gasteiger partial charge in [-0.05, 0) is 37.3 Å². The Labute approximate surface area is 170 Å². The number of nitrogens with zero attached hydrogens (tertiary/aromatic N) is 3. The highest BCUT2D eigenvalue weighted by atomic mass is 79.9. The predicted molar refractivity (Wildman–Crippen MR) is 111 cm³/mol. The lowest BCUT2D eigenvalue weighted by Gasteiger charge is -2.12. The molecule has 3 aromatic rings. The molecule has 1 N–H and O–H groups in total. The molecule has 0 saturated heterocycles. The van der Waals surface area contributed by atoms with E-state index in [9.17, 15) is 4.79 Å². The van der Waals surface area contributed by atoms with E-state index in [1.54, 1.807) is 7.11 Å². The number of carbonyl (C=O) groups excluding carboxylic acids is 1. The van der Waals surface area contributed by atoms with Crippen LogP contribution in [0, 0.1) is 0 Å². The summed E-state index contributed by atoms with van der Waals surface area (Å²) in [6, 6.07) is 15.1. The number of hydrogen-bond donors (Lipinski definition) is 1. The molecule has 0 fully saturated rings. The van der Waals surface area contributed by atoms with E-state index in [4.69, 9.17) is 4.74 Å². The second kappa shape index (κ2) is 8.58. The van der Waals surface area contributed by atoms with Gasteiger partial charge < -0.3 is 14.6 Å². The largest absolute Gasteiger partial charge is 0.497 e. The van der Waals surface area contributed by atoms with Crippen molar-refractivity contribution in [1.29, 1.82) is 0 Å². The van der Waals surface area contributed by atoms with E-state index >= 15 is 0 Å². The van der Waals surface area contributed by atoms with Crippen molar-refractivity contribution in [3.63, 3.8) is 0 Å². The molecule has 3 rings (SSSR count). The number of ether oxygens (including phenoxy) is 1. The summed E-state index contributed by atoms with van der Waals surface area (Å²) in [7, 11) is 3.51. The van der Waals surface area contributed by atoms with Gasteiger partial charge in [-0.25, -0.2) is 0 Å². The van der Waals surface area contributed by atoms with E-state index in [-0.39, 0.29) is 11.2 Å². The van der Waals surface area contributed by atoms with Gasteiger partial charge in [-0.1, -0.05) is 45.9 Å². The minimum Gasteiger partial charge on any atom is -0.497 e. The lowest BCUT2D eigenvalue weighted by Crippen LogP contribution is -2.22. The lowest BCUT2D eigenvalue weighted by atomic mass is 10.2. The van der Waals surface area contributed by atoms with Crippen molar-refractivity contribution < 1.29 is 9.53 Å². The van der Waals surface area contributed by atoms with E-state index in [0.29, 0.717) is 5.16 Å². The first kappa shape index (κ1) is 19.4. The average molecular weight is 447 g/mol. The summed E-state index contributed by atoms with van der Waals surface area (Å²) in [5.41, 5.74) is 1.65. The van der Waals surface area contributed by atoms with E-state index in [2.05, 4.69) is 31.4 Å². The third kappa shape index (κ3) is 4.70. The molecule has 27 heavy (non-hydrogen) atoms. The molecule has 1 unspecified atom stereocenters. The maximum atomic E-state index is 12.5. The van der Waals surface area contributed by atoms with Crippen molar-refractivity contribution in [2.45, 2.75) is 17.3 Å². The summed E-state index contributed by atoms with van der Waals surface area (Å²) >= 11 is 4.76. The maximum absolute atomic E-state index is 12.5. The van der Waals surface area contributed by atoms with E-state index in [1.807, 2.05) is 67.1 Å². The number of rotatable bonds is 6. The highest BCUT2D eigenvalue weighted by Gasteiger charge is 2.19. The number of aromatic nitrogens is 3. The second-order valence-electron chi connectivity index (χ2n) is 5.86. The highest BCUT2D eigenvalue weighted by Crippen LogP contribution is 2.28. The quantitative estimate of drug-likeness (QED) is 0.569. The van der Waals surface area contributed by atoms with Crippen LogP contribution in [0.25, 0.3) is 11.4 Å². The molecule has 0 aliphatic rings. The number of hydrogen-bond acceptors (Lipinski definition) is 5. The Morgan fingerprint density at radius 2 is 2.00 bits per heavy atom. The van der Waals surface area contributed by atoms with Crippen LogP contribution in [0.15, 0.2) is 58.2 Å². The molecule has 8 heteroatoms. The maximum Gasteiger partial charge on any atom is 0.237 e. The standard InChI is InChI=1S/C19H19BrN4O2S/c1-12(18(25)21-15-8-5-7-14(20)11-15)27-19-23-22-17(24(19)2)13-6-4-9-16(10-13)26-3/h4-12H,1-3H3,(H,21,25). The lowest BCUT2D eigenvalue weighted by molar-refractivity contribution is -0.115. The predicted octanol–water partition coefficient (Wildman–Crippen LogP) is 4.37. The average Bonchev–Trinajstić information content (AvgIpc) is 3.02. The number of carbonyl (C=O) groups is 1. The van der Waals surface area contributed by atoms with Gasteiger partial charge in [-0.2, -0.15) is 0 Å². The molecular weight excluding hydrogens is 428 g/mol. The van der Waals surface area contributed by atoms with Gasteiger partial charge in [0.25, 0.3) is 0 Å². The second-order valence-corrected chi connectivity index (χ2v) is 8.08. The normalized spacial score (nSPS) is 11.9. The Kier molecular flexibility index (Phi) is 6.18. The Bertz CT molecular complexity index is 960. The molecule has 0 bridgehead atoms. The van der Waals surface area contributed by atoms with E-state index in [1.165, 1.54) is 11.8 Å². The number of benzene rings is 2. The van der Waals surface area contributed by atoms with Crippen LogP contribution in [0.2, 0.25) is 0 Å². The number of methoxy groups -OCH3 is 1. The van der Waals surface area contributed by atoms with Crippen LogP contribution in [0.5, 0.6) is 5.75 Å². The van der Waals surface area contributed by atoms with Gasteiger partial charge in [0.2, 0.25) is 5.91 Å². The van der Waals surface area contributed by atoms with Gasteiger partial charge in [0.15, 0.2) is 11.0 Å². The van der Waals surface area contributed by atoms with Crippen LogP contribution in [-0.2, 0) is 11.8 Å². The fourth-order valence-corrected chi connectivity index (χ4v) is 3.67. The Hall–Kier alpha value is -2.32. The summed E-state index contributed by atoms with van der Waals surface area (Å²) in [5.74, 6) is 1.38. The smallest absolute Gasteiger partial charge is 0.237 e. The summed E-state index contributed by atoms with van der Waals surface area (Å²) in [5, 5.41) is 11.8. The zero-order valence-electron chi connectivity index (χ0n) is 15.1. The van der Waals surface area contributed by atoms with Crippen molar-refractivity contribution in [2.75, 3.05) is 12.4 Å². The third-order valence-corrected chi connectivity index (χ3v) is 5.53. The van der Waals surface area contributed by atoms with Crippen LogP contribution in [-0.4, -0.2) is 33.0 Å². The fourth-order valence-electron chi connectivity index (χ4n) is 2.45. The molecule has 0 radical (unpaired) electrons. The molecule has 1 amide bonds. The van der Waals surface area contributed by atoms with Crippen molar-refractivity contribution in [1.82, 2.24) is 14.8 Å². The first-order valence-electron chi connectivity index (χ1n) is 8.25. The van der Waals surface area contributed by atoms with Crippen LogP contribution in [0.4, 0.5) is 5.69 Å². The molecular formula is C19H19BrN4O2S. The van der Waals surface area contributed by atoms with Crippen molar-refractivity contribution in [3.8, 4) is 17.1 Å². The first-order valence-corrected chi connectivity index (χ1v) is 9.92. The van der Waals surface area contributed by atoms with Crippen LogP contribution in [0.1, 0.15) is 6.92 Å². The zero-order chi connectivity index (χ0) is 19.4. The highest BCUT2D eigenvalue weighted by molar-refractivity contribution is 9.10. The molecule has 0 aliphatic heterocycles. The van der Waals surface area contributed by atoms with E-state index < -0.39 is 0 Å². The number of nitrogens with one attached hydrogen (secondary N) is 1. The first-order chi connectivity index (χ1) is 13.0. The number of thioether (sulfide) groups is 1. The van der Waals surface area contributed by atoms with Gasteiger partial charge in [0.1, 0.15) is 5.75 Å². The van der Waals surface area contributed by atoms with Gasteiger partial charge in [-0.3, -0.25) is 4.79 Å². The summed E-state index contributed by atoms with van der Waals surface area (Å²) in [6.45, 7) is 1.85. The van der Waals surface area contributed by atoms with Gasteiger partial charge in [0, 0.05) is 22.8 Å². The summed E-state index contributed by atoms with van der Waals surface area (Å²) < 4.78 is 8.06. The van der Waals surface area contributed by atoms with Gasteiger partial charge in [0.05, 0.1) is 12.4 Å². The SMILES string of the molecule is COc1cccc(-c2nnc(SC(C)C(=O)Nc3cccc(Br)c3)n2C)c1. The molecule has 0 saturated carbocycles. The van der Waals surface area contributed by atoms with Crippen molar-refractivity contribution in [2.24, 2.45) is 7.05 Å².